The van der Waals surface area contributed by atoms with E-state index >= 15 is 0 Å². The average molecular weight is 289 g/mol. The molecule has 1 aromatic carbocycles. The van der Waals surface area contributed by atoms with Crippen LogP contribution in [0.3, 0.4) is 0 Å². The van der Waals surface area contributed by atoms with Crippen LogP contribution in [0.15, 0.2) is 24.3 Å². The van der Waals surface area contributed by atoms with Gasteiger partial charge < -0.3 is 4.74 Å². The van der Waals surface area contributed by atoms with Crippen LogP contribution in [0.4, 0.5) is 0 Å². The smallest absolute Gasteiger partial charge is 0.313 e. The zero-order valence-corrected chi connectivity index (χ0v) is 11.5. The Balaban J connectivity index is 1.94. The number of tetrazole rings is 1. The quantitative estimate of drug-likeness (QED) is 0.675. The Kier molecular flexibility index (Phi) is 3.38. The molecule has 0 aliphatic rings. The van der Waals surface area contributed by atoms with E-state index in [0.29, 0.717) is 17.6 Å². The predicted octanol–water partition coefficient (Wildman–Crippen LogP) is 1.38. The molecule has 3 rings (SSSR count). The first-order chi connectivity index (χ1) is 9.78. The van der Waals surface area contributed by atoms with Gasteiger partial charge in [-0.1, -0.05) is 23.5 Å². The summed E-state index contributed by atoms with van der Waals surface area (Å²) < 4.78 is 7.42. The molecule has 8 heteroatoms. The second-order valence-electron chi connectivity index (χ2n) is 3.95. The van der Waals surface area contributed by atoms with Crippen molar-refractivity contribution in [3.05, 3.63) is 30.1 Å². The molecule has 2 aromatic heterocycles. The number of esters is 1. The molecule has 0 fully saturated rings. The number of aromatic nitrogens is 5. The molecular formula is C12H11N5O2S. The molecule has 3 aromatic rings. The number of fused-ring (bicyclic) bond motifs is 1. The number of nitrogens with zero attached hydrogens (tertiary/aromatic N) is 5. The molecule has 7 nitrogen and oxygen atoms in total. The number of thiazole rings is 1. The summed E-state index contributed by atoms with van der Waals surface area (Å²) in [5.41, 5.74) is 0.880. The first-order valence-corrected chi connectivity index (χ1v) is 6.88. The second kappa shape index (κ2) is 5.33. The van der Waals surface area contributed by atoms with Gasteiger partial charge in [0.05, 0.1) is 16.8 Å². The minimum atomic E-state index is -0.357. The maximum absolute atomic E-state index is 11.5. The third-order valence-corrected chi connectivity index (χ3v) is 3.62. The number of para-hydroxylation sites is 1. The van der Waals surface area contributed by atoms with Gasteiger partial charge in [-0.25, -0.2) is 4.98 Å². The highest BCUT2D eigenvalue weighted by Gasteiger charge is 2.16. The third-order valence-electron chi connectivity index (χ3n) is 2.61. The molecule has 0 amide bonds. The summed E-state index contributed by atoms with van der Waals surface area (Å²) in [5, 5.41) is 12.0. The number of rotatable bonds is 4. The standard InChI is InChI=1S/C12H11N5O2S/c1-2-19-11(18)7-10-14-15-16-17(10)12-13-8-5-3-4-6-9(8)20-12/h3-6H,2,7H2,1H3. The van der Waals surface area contributed by atoms with Crippen LogP contribution in [0.5, 0.6) is 0 Å². The van der Waals surface area contributed by atoms with E-state index in [9.17, 15) is 4.79 Å². The lowest BCUT2D eigenvalue weighted by atomic mass is 10.3. The fourth-order valence-electron chi connectivity index (χ4n) is 1.76. The monoisotopic (exact) mass is 289 g/mol. The van der Waals surface area contributed by atoms with Gasteiger partial charge in [-0.2, -0.15) is 4.68 Å². The lowest BCUT2D eigenvalue weighted by Crippen LogP contribution is -2.12. The Morgan fingerprint density at radius 3 is 3.05 bits per heavy atom. The Hall–Kier alpha value is -2.35. The van der Waals surface area contributed by atoms with Crippen molar-refractivity contribution in [3.8, 4) is 5.13 Å². The maximum atomic E-state index is 11.5. The van der Waals surface area contributed by atoms with E-state index < -0.39 is 0 Å². The molecule has 20 heavy (non-hydrogen) atoms. The van der Waals surface area contributed by atoms with Crippen molar-refractivity contribution in [3.63, 3.8) is 0 Å². The molecule has 2 heterocycles. The van der Waals surface area contributed by atoms with Crippen LogP contribution in [0.1, 0.15) is 12.7 Å². The lowest BCUT2D eigenvalue weighted by Gasteiger charge is -2.00. The summed E-state index contributed by atoms with van der Waals surface area (Å²) >= 11 is 1.47. The molecule has 0 atom stereocenters. The molecule has 0 spiro atoms. The molecule has 0 aliphatic carbocycles. The second-order valence-corrected chi connectivity index (χ2v) is 4.96. The van der Waals surface area contributed by atoms with E-state index in [4.69, 9.17) is 4.74 Å². The van der Waals surface area contributed by atoms with Gasteiger partial charge in [0.1, 0.15) is 6.42 Å². The molecule has 0 bridgehead atoms. The molecule has 0 unspecified atom stereocenters. The van der Waals surface area contributed by atoms with Crippen LogP contribution >= 0.6 is 11.3 Å². The van der Waals surface area contributed by atoms with Crippen molar-refractivity contribution >= 4 is 27.5 Å². The van der Waals surface area contributed by atoms with Gasteiger partial charge in [0, 0.05) is 0 Å². The summed E-state index contributed by atoms with van der Waals surface area (Å²) in [4.78, 5) is 16.0. The van der Waals surface area contributed by atoms with Gasteiger partial charge >= 0.3 is 5.97 Å². The van der Waals surface area contributed by atoms with E-state index in [1.807, 2.05) is 24.3 Å². The van der Waals surface area contributed by atoms with E-state index in [-0.39, 0.29) is 12.4 Å². The van der Waals surface area contributed by atoms with Crippen molar-refractivity contribution in [1.82, 2.24) is 25.2 Å². The van der Waals surface area contributed by atoms with Crippen molar-refractivity contribution in [1.29, 1.82) is 0 Å². The van der Waals surface area contributed by atoms with Gasteiger partial charge in [0.15, 0.2) is 5.82 Å². The maximum Gasteiger partial charge on any atom is 0.313 e. The summed E-state index contributed by atoms with van der Waals surface area (Å²) in [6.45, 7) is 2.09. The minimum absolute atomic E-state index is 0.0246. The summed E-state index contributed by atoms with van der Waals surface area (Å²) in [5.74, 6) is 0.0622. The Bertz CT molecular complexity index is 718. The van der Waals surface area contributed by atoms with Gasteiger partial charge in [-0.05, 0) is 29.5 Å². The van der Waals surface area contributed by atoms with E-state index in [0.717, 1.165) is 10.2 Å². The summed E-state index contributed by atoms with van der Waals surface area (Å²) in [6, 6.07) is 7.77. The van der Waals surface area contributed by atoms with E-state index in [2.05, 4.69) is 20.5 Å². The van der Waals surface area contributed by atoms with Crippen LogP contribution in [0.25, 0.3) is 15.3 Å². The number of hydrogen-bond donors (Lipinski definition) is 0. The first-order valence-electron chi connectivity index (χ1n) is 6.06. The fourth-order valence-corrected chi connectivity index (χ4v) is 2.69. The molecule has 0 radical (unpaired) electrons. The predicted molar refractivity (Wildman–Crippen MR) is 72.7 cm³/mol. The zero-order valence-electron chi connectivity index (χ0n) is 10.7. The Morgan fingerprint density at radius 2 is 2.25 bits per heavy atom. The SMILES string of the molecule is CCOC(=O)Cc1nnnn1-c1nc2ccccc2s1. The van der Waals surface area contributed by atoms with Gasteiger partial charge in [0.2, 0.25) is 5.13 Å². The third kappa shape index (κ3) is 2.37. The minimum Gasteiger partial charge on any atom is -0.466 e. The largest absolute Gasteiger partial charge is 0.466 e. The molecule has 0 aliphatic heterocycles. The van der Waals surface area contributed by atoms with Crippen molar-refractivity contribution in [2.45, 2.75) is 13.3 Å². The number of carbonyl (C=O) groups excluding carboxylic acids is 1. The highest BCUT2D eigenvalue weighted by molar-refractivity contribution is 7.20. The van der Waals surface area contributed by atoms with Crippen LogP contribution in [0, 0.1) is 0 Å². The van der Waals surface area contributed by atoms with Crippen LogP contribution in [0.2, 0.25) is 0 Å². The number of carbonyl (C=O) groups is 1. The average Bonchev–Trinajstić information content (AvgIpc) is 3.04. The van der Waals surface area contributed by atoms with Crippen molar-refractivity contribution < 1.29 is 9.53 Å². The van der Waals surface area contributed by atoms with Crippen LogP contribution in [-0.4, -0.2) is 37.8 Å². The molecule has 102 valence electrons. The topological polar surface area (TPSA) is 82.8 Å². The molecule has 0 N–H and O–H groups in total. The highest BCUT2D eigenvalue weighted by atomic mass is 32.1. The molecule has 0 saturated heterocycles. The van der Waals surface area contributed by atoms with Gasteiger partial charge in [0.25, 0.3) is 0 Å². The van der Waals surface area contributed by atoms with Crippen molar-refractivity contribution in [2.24, 2.45) is 0 Å². The summed E-state index contributed by atoms with van der Waals surface area (Å²) in [7, 11) is 0. The first kappa shape index (κ1) is 12.7. The van der Waals surface area contributed by atoms with Crippen LogP contribution < -0.4 is 0 Å². The molecule has 0 saturated carbocycles. The van der Waals surface area contributed by atoms with Gasteiger partial charge in [-0.3, -0.25) is 4.79 Å². The Labute approximate surface area is 118 Å². The highest BCUT2D eigenvalue weighted by Crippen LogP contribution is 2.24. The van der Waals surface area contributed by atoms with Crippen molar-refractivity contribution in [2.75, 3.05) is 6.61 Å². The lowest BCUT2D eigenvalue weighted by molar-refractivity contribution is -0.142. The van der Waals surface area contributed by atoms with Gasteiger partial charge in [-0.15, -0.1) is 5.10 Å². The number of benzene rings is 1. The number of hydrogen-bond acceptors (Lipinski definition) is 7. The Morgan fingerprint density at radius 1 is 1.40 bits per heavy atom. The normalized spacial score (nSPS) is 10.8. The number of ether oxygens (including phenoxy) is 1. The zero-order chi connectivity index (χ0) is 13.9. The van der Waals surface area contributed by atoms with Crippen LogP contribution in [-0.2, 0) is 16.0 Å². The summed E-state index contributed by atoms with van der Waals surface area (Å²) in [6.07, 6.45) is 0.0246. The van der Waals surface area contributed by atoms with E-state index in [1.165, 1.54) is 16.0 Å². The molecular weight excluding hydrogens is 278 g/mol. The van der Waals surface area contributed by atoms with E-state index in [1.54, 1.807) is 6.92 Å². The fraction of sp³-hybridized carbons (Fsp3) is 0.250.